The van der Waals surface area contributed by atoms with E-state index >= 15 is 0 Å². The molecule has 4 heteroatoms. The van der Waals surface area contributed by atoms with Crippen LogP contribution in [-0.2, 0) is 11.8 Å². The van der Waals surface area contributed by atoms with Crippen LogP contribution in [0.5, 0.6) is 0 Å². The van der Waals surface area contributed by atoms with Crippen LogP contribution in [0.4, 0.5) is 11.6 Å². The van der Waals surface area contributed by atoms with E-state index in [1.807, 2.05) is 24.8 Å². The number of hydrogen-bond donors (Lipinski definition) is 1. The molecule has 26 heavy (non-hydrogen) atoms. The molecule has 1 aromatic carbocycles. The van der Waals surface area contributed by atoms with Crippen molar-refractivity contribution >= 4 is 11.6 Å². The van der Waals surface area contributed by atoms with Crippen molar-refractivity contribution in [3.63, 3.8) is 0 Å². The molecular formula is C22H24N4. The Balaban J connectivity index is 1.47. The fraction of sp³-hybridized carbons (Fsp3) is 0.318. The first kappa shape index (κ1) is 16.7. The summed E-state index contributed by atoms with van der Waals surface area (Å²) >= 11 is 0. The lowest BCUT2D eigenvalue weighted by Gasteiger charge is -2.15. The maximum atomic E-state index is 4.54. The van der Waals surface area contributed by atoms with Gasteiger partial charge in [0, 0.05) is 35.9 Å². The second-order valence-electron chi connectivity index (χ2n) is 7.53. The second-order valence-corrected chi connectivity index (χ2v) is 7.53. The van der Waals surface area contributed by atoms with E-state index in [0.717, 1.165) is 24.9 Å². The average molecular weight is 344 g/mol. The molecule has 0 spiro atoms. The summed E-state index contributed by atoms with van der Waals surface area (Å²) < 4.78 is 0. The third-order valence-electron chi connectivity index (χ3n) is 5.04. The SMILES string of the molecule is CC(C)Cc1ccc(Nc2ncc(C3(c4ccncc4)CC3)cn2)cc1. The molecule has 0 unspecified atom stereocenters. The molecule has 1 fully saturated rings. The zero-order chi connectivity index (χ0) is 18.0. The molecule has 0 amide bonds. The zero-order valence-corrected chi connectivity index (χ0v) is 15.3. The molecule has 2 heterocycles. The standard InChI is InChI=1S/C22H24N4/c1-16(2)13-17-3-5-20(6-4-17)26-21-24-14-19(15-25-21)22(9-10-22)18-7-11-23-12-8-18/h3-8,11-12,14-16H,9-10,13H2,1-2H3,(H,24,25,26). The Hall–Kier alpha value is -2.75. The van der Waals surface area contributed by atoms with Crippen LogP contribution in [0, 0.1) is 5.92 Å². The topological polar surface area (TPSA) is 50.7 Å². The number of nitrogens with zero attached hydrogens (tertiary/aromatic N) is 3. The van der Waals surface area contributed by atoms with E-state index in [0.29, 0.717) is 11.9 Å². The predicted molar refractivity (Wildman–Crippen MR) is 105 cm³/mol. The van der Waals surface area contributed by atoms with Gasteiger partial charge in [0.05, 0.1) is 0 Å². The highest BCUT2D eigenvalue weighted by molar-refractivity contribution is 5.54. The molecule has 0 bridgehead atoms. The van der Waals surface area contributed by atoms with Gasteiger partial charge in [0.15, 0.2) is 0 Å². The van der Waals surface area contributed by atoms with Gasteiger partial charge in [-0.15, -0.1) is 0 Å². The molecule has 3 aromatic rings. The minimum absolute atomic E-state index is 0.0833. The molecule has 4 nitrogen and oxygen atoms in total. The highest BCUT2D eigenvalue weighted by atomic mass is 15.1. The number of anilines is 2. The highest BCUT2D eigenvalue weighted by Gasteiger charge is 2.46. The summed E-state index contributed by atoms with van der Waals surface area (Å²) in [6.45, 7) is 4.47. The average Bonchev–Trinajstić information content (AvgIpc) is 3.46. The number of pyridine rings is 1. The van der Waals surface area contributed by atoms with Gasteiger partial charge < -0.3 is 5.32 Å². The number of aromatic nitrogens is 3. The maximum Gasteiger partial charge on any atom is 0.227 e. The fourth-order valence-electron chi connectivity index (χ4n) is 3.50. The molecule has 1 aliphatic rings. The first-order valence-corrected chi connectivity index (χ1v) is 9.25. The van der Waals surface area contributed by atoms with Crippen molar-refractivity contribution in [2.24, 2.45) is 5.92 Å². The van der Waals surface area contributed by atoms with E-state index in [-0.39, 0.29) is 5.41 Å². The molecule has 132 valence electrons. The zero-order valence-electron chi connectivity index (χ0n) is 15.3. The molecule has 2 aromatic heterocycles. The lowest BCUT2D eigenvalue weighted by molar-refractivity contribution is 0.647. The third kappa shape index (κ3) is 3.45. The lowest BCUT2D eigenvalue weighted by atomic mass is 9.91. The Morgan fingerprint density at radius 2 is 1.58 bits per heavy atom. The Morgan fingerprint density at radius 3 is 2.15 bits per heavy atom. The van der Waals surface area contributed by atoms with Gasteiger partial charge >= 0.3 is 0 Å². The minimum Gasteiger partial charge on any atom is -0.324 e. The van der Waals surface area contributed by atoms with Crippen LogP contribution in [0.1, 0.15) is 43.4 Å². The molecule has 4 rings (SSSR count). The number of rotatable bonds is 6. The molecule has 0 saturated heterocycles. The summed E-state index contributed by atoms with van der Waals surface area (Å²) in [6, 6.07) is 12.7. The maximum absolute atomic E-state index is 4.54. The van der Waals surface area contributed by atoms with Gasteiger partial charge in [-0.05, 0) is 66.1 Å². The van der Waals surface area contributed by atoms with E-state index in [1.165, 1.54) is 16.7 Å². The van der Waals surface area contributed by atoms with E-state index in [2.05, 4.69) is 70.5 Å². The summed E-state index contributed by atoms with van der Waals surface area (Å²) in [7, 11) is 0. The van der Waals surface area contributed by atoms with Gasteiger partial charge in [0.2, 0.25) is 5.95 Å². The third-order valence-corrected chi connectivity index (χ3v) is 5.04. The molecule has 1 aliphatic carbocycles. The van der Waals surface area contributed by atoms with Crippen molar-refractivity contribution in [1.29, 1.82) is 0 Å². The summed E-state index contributed by atoms with van der Waals surface area (Å²) in [4.78, 5) is 13.2. The Morgan fingerprint density at radius 1 is 0.923 bits per heavy atom. The number of nitrogens with one attached hydrogen (secondary N) is 1. The van der Waals surface area contributed by atoms with E-state index in [1.54, 1.807) is 0 Å². The normalized spacial score (nSPS) is 15.0. The monoisotopic (exact) mass is 344 g/mol. The van der Waals surface area contributed by atoms with Crippen molar-refractivity contribution in [3.05, 3.63) is 77.9 Å². The fourth-order valence-corrected chi connectivity index (χ4v) is 3.50. The first-order valence-electron chi connectivity index (χ1n) is 9.25. The van der Waals surface area contributed by atoms with Crippen LogP contribution in [0.25, 0.3) is 0 Å². The summed E-state index contributed by atoms with van der Waals surface area (Å²) in [5, 5.41) is 3.29. The van der Waals surface area contributed by atoms with Gasteiger partial charge in [0.25, 0.3) is 0 Å². The predicted octanol–water partition coefficient (Wildman–Crippen LogP) is 4.89. The van der Waals surface area contributed by atoms with Crippen LogP contribution in [0.15, 0.2) is 61.2 Å². The molecular weight excluding hydrogens is 320 g/mol. The summed E-state index contributed by atoms with van der Waals surface area (Å²) in [5.41, 5.74) is 4.94. The van der Waals surface area contributed by atoms with Gasteiger partial charge in [-0.2, -0.15) is 0 Å². The second kappa shape index (κ2) is 6.87. The molecule has 0 aliphatic heterocycles. The van der Waals surface area contributed by atoms with Gasteiger partial charge in [0.1, 0.15) is 0 Å². The van der Waals surface area contributed by atoms with Crippen molar-refractivity contribution in [1.82, 2.24) is 15.0 Å². The van der Waals surface area contributed by atoms with E-state index in [4.69, 9.17) is 0 Å². The summed E-state index contributed by atoms with van der Waals surface area (Å²) in [5.74, 6) is 1.30. The lowest BCUT2D eigenvalue weighted by Crippen LogP contribution is -2.10. The van der Waals surface area contributed by atoms with Crippen LogP contribution in [-0.4, -0.2) is 15.0 Å². The van der Waals surface area contributed by atoms with Crippen molar-refractivity contribution in [3.8, 4) is 0 Å². The first-order chi connectivity index (χ1) is 12.7. The van der Waals surface area contributed by atoms with Crippen LogP contribution >= 0.6 is 0 Å². The molecule has 0 radical (unpaired) electrons. The van der Waals surface area contributed by atoms with E-state index in [9.17, 15) is 0 Å². The largest absolute Gasteiger partial charge is 0.324 e. The Labute approximate surface area is 154 Å². The van der Waals surface area contributed by atoms with Gasteiger partial charge in [-0.3, -0.25) is 4.98 Å². The van der Waals surface area contributed by atoms with Crippen molar-refractivity contribution in [2.75, 3.05) is 5.32 Å². The summed E-state index contributed by atoms with van der Waals surface area (Å²) in [6.07, 6.45) is 11.0. The van der Waals surface area contributed by atoms with Gasteiger partial charge in [-0.25, -0.2) is 9.97 Å². The smallest absolute Gasteiger partial charge is 0.227 e. The molecule has 1 saturated carbocycles. The van der Waals surface area contributed by atoms with Crippen molar-refractivity contribution < 1.29 is 0 Å². The van der Waals surface area contributed by atoms with Crippen LogP contribution in [0.2, 0.25) is 0 Å². The highest BCUT2D eigenvalue weighted by Crippen LogP contribution is 2.52. The van der Waals surface area contributed by atoms with Crippen molar-refractivity contribution in [2.45, 2.75) is 38.5 Å². The molecule has 0 atom stereocenters. The minimum atomic E-state index is 0.0833. The van der Waals surface area contributed by atoms with Crippen LogP contribution in [0.3, 0.4) is 0 Å². The van der Waals surface area contributed by atoms with Gasteiger partial charge in [-0.1, -0.05) is 26.0 Å². The molecule has 1 N–H and O–H groups in total. The quantitative estimate of drug-likeness (QED) is 0.691. The Bertz CT molecular complexity index is 851. The number of hydrogen-bond acceptors (Lipinski definition) is 4. The van der Waals surface area contributed by atoms with E-state index < -0.39 is 0 Å². The number of benzene rings is 1. The van der Waals surface area contributed by atoms with Crippen LogP contribution < -0.4 is 5.32 Å². The Kier molecular flexibility index (Phi) is 4.41.